The smallest absolute Gasteiger partial charge is 0.257 e. The number of nitrogens with one attached hydrogen (secondary N) is 1. The molecule has 4 nitrogen and oxygen atoms in total. The molecule has 0 aliphatic carbocycles. The van der Waals surface area contributed by atoms with Crippen LogP contribution < -0.4 is 11.1 Å². The molecule has 1 aromatic carbocycles. The van der Waals surface area contributed by atoms with Gasteiger partial charge in [0.2, 0.25) is 0 Å². The van der Waals surface area contributed by atoms with E-state index in [-0.39, 0.29) is 11.3 Å². The Bertz CT molecular complexity index is 646. The van der Waals surface area contributed by atoms with E-state index in [1.54, 1.807) is 6.07 Å². The van der Waals surface area contributed by atoms with Gasteiger partial charge in [0.25, 0.3) is 5.91 Å². The zero-order chi connectivity index (χ0) is 14.0. The van der Waals surface area contributed by atoms with Crippen LogP contribution in [0.25, 0.3) is 0 Å². The number of aromatic nitrogens is 1. The van der Waals surface area contributed by atoms with E-state index in [0.29, 0.717) is 10.3 Å². The predicted octanol–water partition coefficient (Wildman–Crippen LogP) is 3.13. The number of carbonyl (C=O) groups is 1. The molecule has 0 spiro atoms. The summed E-state index contributed by atoms with van der Waals surface area (Å²) in [5.74, 6) is -1.08. The first-order valence-corrected chi connectivity index (χ1v) is 6.26. The van der Waals surface area contributed by atoms with Crippen molar-refractivity contribution in [3.8, 4) is 0 Å². The van der Waals surface area contributed by atoms with Crippen molar-refractivity contribution in [1.82, 2.24) is 4.98 Å². The molecule has 2 rings (SSSR count). The lowest BCUT2D eigenvalue weighted by Crippen LogP contribution is -2.15. The molecule has 0 unspecified atom stereocenters. The topological polar surface area (TPSA) is 68.0 Å². The van der Waals surface area contributed by atoms with Crippen LogP contribution in [-0.4, -0.2) is 10.9 Å². The fraction of sp³-hybridized carbons (Fsp3) is 0.0769. The molecule has 1 heterocycles. The number of hydrogen-bond acceptors (Lipinski definition) is 3. The fourth-order valence-corrected chi connectivity index (χ4v) is 1.78. The lowest BCUT2D eigenvalue weighted by molar-refractivity contribution is 0.102. The van der Waals surface area contributed by atoms with Crippen molar-refractivity contribution in [2.75, 3.05) is 11.1 Å². The Morgan fingerprint density at radius 2 is 2.21 bits per heavy atom. The average Bonchev–Trinajstić information content (AvgIpc) is 2.37. The van der Waals surface area contributed by atoms with Crippen LogP contribution >= 0.6 is 15.9 Å². The highest BCUT2D eigenvalue weighted by atomic mass is 79.9. The monoisotopic (exact) mass is 323 g/mol. The quantitative estimate of drug-likeness (QED) is 0.659. The summed E-state index contributed by atoms with van der Waals surface area (Å²) >= 11 is 3.27. The van der Waals surface area contributed by atoms with Gasteiger partial charge in [0.15, 0.2) is 0 Å². The number of hydrogen-bond donors (Lipinski definition) is 2. The van der Waals surface area contributed by atoms with Crippen LogP contribution in [0, 0.1) is 12.7 Å². The minimum absolute atomic E-state index is 0.0978. The summed E-state index contributed by atoms with van der Waals surface area (Å²) in [6.45, 7) is 1.85. The van der Waals surface area contributed by atoms with Crippen LogP contribution in [-0.2, 0) is 0 Å². The van der Waals surface area contributed by atoms with Crippen LogP contribution in [0.3, 0.4) is 0 Å². The van der Waals surface area contributed by atoms with E-state index in [9.17, 15) is 9.18 Å². The van der Waals surface area contributed by atoms with Crippen LogP contribution in [0.5, 0.6) is 0 Å². The number of amides is 1. The zero-order valence-corrected chi connectivity index (χ0v) is 11.7. The first-order chi connectivity index (χ1) is 8.99. The van der Waals surface area contributed by atoms with E-state index >= 15 is 0 Å². The van der Waals surface area contributed by atoms with Gasteiger partial charge in [0.1, 0.15) is 10.4 Å². The molecule has 0 bridgehead atoms. The number of aryl methyl sites for hydroxylation is 1. The van der Waals surface area contributed by atoms with Crippen molar-refractivity contribution in [3.63, 3.8) is 0 Å². The molecule has 1 aromatic heterocycles. The second-order valence-corrected chi connectivity index (χ2v) is 4.74. The molecule has 2 aromatic rings. The maximum absolute atomic E-state index is 13.3. The highest BCUT2D eigenvalue weighted by Gasteiger charge is 2.13. The van der Waals surface area contributed by atoms with Crippen LogP contribution in [0.2, 0.25) is 0 Å². The number of anilines is 2. The molecule has 0 fully saturated rings. The van der Waals surface area contributed by atoms with E-state index < -0.39 is 11.7 Å². The Hall–Kier alpha value is -1.95. The normalized spacial score (nSPS) is 10.3. The molecule has 1 amide bonds. The molecule has 0 aliphatic heterocycles. The molecule has 0 saturated carbocycles. The van der Waals surface area contributed by atoms with E-state index in [4.69, 9.17) is 5.73 Å². The van der Waals surface area contributed by atoms with Gasteiger partial charge in [0, 0.05) is 0 Å². The number of nitrogens with zero attached hydrogens (tertiary/aromatic N) is 1. The van der Waals surface area contributed by atoms with Crippen molar-refractivity contribution in [3.05, 3.63) is 52.0 Å². The molecule has 3 N–H and O–H groups in total. The summed E-state index contributed by atoms with van der Waals surface area (Å²) in [7, 11) is 0. The number of halogens is 2. The number of benzene rings is 1. The third-order valence-corrected chi connectivity index (χ3v) is 3.40. The number of rotatable bonds is 2. The van der Waals surface area contributed by atoms with Gasteiger partial charge in [-0.15, -0.1) is 0 Å². The van der Waals surface area contributed by atoms with Crippen molar-refractivity contribution in [2.24, 2.45) is 0 Å². The summed E-state index contributed by atoms with van der Waals surface area (Å²) in [6, 6.07) is 5.86. The van der Waals surface area contributed by atoms with E-state index in [1.807, 2.05) is 6.92 Å². The number of nitrogen functional groups attached to an aromatic ring is 1. The lowest BCUT2D eigenvalue weighted by atomic mass is 10.1. The summed E-state index contributed by atoms with van der Waals surface area (Å²) in [5, 5.41) is 2.63. The highest BCUT2D eigenvalue weighted by Crippen LogP contribution is 2.20. The Kier molecular flexibility index (Phi) is 3.80. The molecule has 0 saturated heterocycles. The minimum Gasteiger partial charge on any atom is -0.396 e. The van der Waals surface area contributed by atoms with Gasteiger partial charge in [-0.2, -0.15) is 0 Å². The molecule has 0 radical (unpaired) electrons. The van der Waals surface area contributed by atoms with Crippen molar-refractivity contribution >= 4 is 33.2 Å². The highest BCUT2D eigenvalue weighted by molar-refractivity contribution is 9.10. The average molecular weight is 324 g/mol. The predicted molar refractivity (Wildman–Crippen MR) is 75.4 cm³/mol. The van der Waals surface area contributed by atoms with Crippen LogP contribution in [0.4, 0.5) is 15.8 Å². The van der Waals surface area contributed by atoms with Gasteiger partial charge in [0.05, 0.1) is 23.1 Å². The molecule has 0 atom stereocenters. The Balaban J connectivity index is 2.26. The molecule has 19 heavy (non-hydrogen) atoms. The molecule has 0 aliphatic rings. The Labute approximate surface area is 118 Å². The molecule has 6 heteroatoms. The molecular weight excluding hydrogens is 313 g/mol. The van der Waals surface area contributed by atoms with Gasteiger partial charge >= 0.3 is 0 Å². The summed E-state index contributed by atoms with van der Waals surface area (Å²) in [5.41, 5.74) is 6.87. The van der Waals surface area contributed by atoms with E-state index in [2.05, 4.69) is 26.2 Å². The SMILES string of the molecule is Cc1cc(NC(=O)c2cccc(F)c2N)cnc1Br. The minimum atomic E-state index is -0.613. The van der Waals surface area contributed by atoms with E-state index in [0.717, 1.165) is 5.56 Å². The van der Waals surface area contributed by atoms with Gasteiger partial charge in [-0.3, -0.25) is 4.79 Å². The maximum Gasteiger partial charge on any atom is 0.257 e. The zero-order valence-electron chi connectivity index (χ0n) is 10.1. The number of nitrogens with two attached hydrogens (primary N) is 1. The van der Waals surface area contributed by atoms with Crippen molar-refractivity contribution in [1.29, 1.82) is 0 Å². The van der Waals surface area contributed by atoms with Crippen molar-refractivity contribution in [2.45, 2.75) is 6.92 Å². The number of para-hydroxylation sites is 1. The summed E-state index contributed by atoms with van der Waals surface area (Å²) in [4.78, 5) is 16.0. The number of pyridine rings is 1. The van der Waals surface area contributed by atoms with Gasteiger partial charge in [-0.05, 0) is 46.6 Å². The van der Waals surface area contributed by atoms with Crippen molar-refractivity contribution < 1.29 is 9.18 Å². The fourth-order valence-electron chi connectivity index (χ4n) is 1.56. The summed E-state index contributed by atoms with van der Waals surface area (Å²) in [6.07, 6.45) is 1.50. The third-order valence-electron chi connectivity index (χ3n) is 2.57. The molecule has 98 valence electrons. The van der Waals surface area contributed by atoms with Gasteiger partial charge in [-0.25, -0.2) is 9.37 Å². The Morgan fingerprint density at radius 1 is 1.47 bits per heavy atom. The lowest BCUT2D eigenvalue weighted by Gasteiger charge is -2.08. The second-order valence-electron chi connectivity index (χ2n) is 3.99. The van der Waals surface area contributed by atoms with Gasteiger partial charge < -0.3 is 11.1 Å². The largest absolute Gasteiger partial charge is 0.396 e. The van der Waals surface area contributed by atoms with Crippen LogP contribution in [0.1, 0.15) is 15.9 Å². The third kappa shape index (κ3) is 2.90. The first-order valence-electron chi connectivity index (χ1n) is 5.46. The molecular formula is C13H11BrFN3O. The van der Waals surface area contributed by atoms with Crippen LogP contribution in [0.15, 0.2) is 35.1 Å². The second kappa shape index (κ2) is 5.36. The standard InChI is InChI=1S/C13H11BrFN3O/c1-7-5-8(6-17-12(7)14)18-13(19)9-3-2-4-10(15)11(9)16/h2-6H,16H2,1H3,(H,18,19). The van der Waals surface area contributed by atoms with E-state index in [1.165, 1.54) is 24.4 Å². The maximum atomic E-state index is 13.3. The van der Waals surface area contributed by atoms with Gasteiger partial charge in [-0.1, -0.05) is 6.07 Å². The summed E-state index contributed by atoms with van der Waals surface area (Å²) < 4.78 is 14.0. The Morgan fingerprint density at radius 3 is 2.89 bits per heavy atom. The first kappa shape index (κ1) is 13.5. The number of carbonyl (C=O) groups excluding carboxylic acids is 1.